The zero-order valence-electron chi connectivity index (χ0n) is 24.0. The Balaban J connectivity index is 1.61. The van der Waals surface area contributed by atoms with Gasteiger partial charge in [-0.2, -0.15) is 13.2 Å². The number of halogens is 3. The molecule has 0 aliphatic heterocycles. The summed E-state index contributed by atoms with van der Waals surface area (Å²) in [5.41, 5.74) is 15.4. The Labute approximate surface area is 253 Å². The summed E-state index contributed by atoms with van der Waals surface area (Å²) in [6, 6.07) is 22.3. The van der Waals surface area contributed by atoms with E-state index in [4.69, 9.17) is 15.9 Å². The molecule has 4 rings (SSSR count). The minimum absolute atomic E-state index is 0.0924. The number of esters is 1. The van der Waals surface area contributed by atoms with Crippen molar-refractivity contribution in [3.05, 3.63) is 101 Å². The molecule has 0 saturated carbocycles. The van der Waals surface area contributed by atoms with Crippen LogP contribution in [0.1, 0.15) is 47.9 Å². The fraction of sp³-hybridized carbons (Fsp3) is 0.375. The Morgan fingerprint density at radius 1 is 0.955 bits per heavy atom. The van der Waals surface area contributed by atoms with Gasteiger partial charge in [0.05, 0.1) is 0 Å². The number of fused-ring (bicyclic) bond motifs is 1. The Bertz CT molecular complexity index is 1470. The summed E-state index contributed by atoms with van der Waals surface area (Å²) in [6.45, 7) is 0.240. The summed E-state index contributed by atoms with van der Waals surface area (Å²) in [4.78, 5) is 16.3. The van der Waals surface area contributed by atoms with Crippen LogP contribution in [0.5, 0.6) is 0 Å². The van der Waals surface area contributed by atoms with Crippen LogP contribution in [0.2, 0.25) is 0 Å². The molecule has 236 valence electrons. The highest BCUT2D eigenvalue weighted by Gasteiger charge is 2.44. The van der Waals surface area contributed by atoms with Crippen LogP contribution in [-0.4, -0.2) is 58.3 Å². The molecule has 0 saturated heterocycles. The molecular weight excluding hydrogens is 577 g/mol. The van der Waals surface area contributed by atoms with Gasteiger partial charge in [0.25, 0.3) is 0 Å². The largest absolute Gasteiger partial charge is 0.490 e. The monoisotopic (exact) mass is 614 g/mol. The molecule has 0 fully saturated rings. The molecule has 5 atom stereocenters. The number of ether oxygens (including phenoxy) is 1. The number of aromatic nitrogens is 1. The molecule has 44 heavy (non-hydrogen) atoms. The van der Waals surface area contributed by atoms with E-state index in [-0.39, 0.29) is 25.3 Å². The fourth-order valence-electron chi connectivity index (χ4n) is 4.87. The van der Waals surface area contributed by atoms with Crippen LogP contribution >= 0.6 is 0 Å². The van der Waals surface area contributed by atoms with Crippen LogP contribution in [0, 0.1) is 0 Å². The number of carbonyl (C=O) groups excluding carboxylic acids is 1. The lowest BCUT2D eigenvalue weighted by Gasteiger charge is -2.33. The summed E-state index contributed by atoms with van der Waals surface area (Å²) in [6.07, 6.45) is -8.75. The summed E-state index contributed by atoms with van der Waals surface area (Å²) in [5.74, 6) is -2.60. The first kappa shape index (κ1) is 33.1. The van der Waals surface area contributed by atoms with E-state index in [1.807, 2.05) is 72.8 Å². The van der Waals surface area contributed by atoms with E-state index in [1.165, 1.54) is 0 Å². The number of aryl methyl sites for hydroxylation is 1. The van der Waals surface area contributed by atoms with Crippen molar-refractivity contribution in [2.75, 3.05) is 6.54 Å². The molecular formula is C32H37F3N4O5. The number of carbonyl (C=O) groups is 1. The maximum Gasteiger partial charge on any atom is 0.490 e. The molecule has 4 aromatic rings. The van der Waals surface area contributed by atoms with Gasteiger partial charge in [0.2, 0.25) is 5.89 Å². The third-order valence-electron chi connectivity index (χ3n) is 7.27. The molecule has 1 unspecified atom stereocenters. The first-order chi connectivity index (χ1) is 21.0. The van der Waals surface area contributed by atoms with E-state index in [0.29, 0.717) is 30.4 Å². The molecule has 0 amide bonds. The summed E-state index contributed by atoms with van der Waals surface area (Å²) in [7, 11) is 0. The van der Waals surface area contributed by atoms with Crippen LogP contribution in [0.4, 0.5) is 13.2 Å². The van der Waals surface area contributed by atoms with E-state index in [0.717, 1.165) is 16.7 Å². The van der Waals surface area contributed by atoms with Crippen molar-refractivity contribution in [3.8, 4) is 0 Å². The number of nitrogens with one attached hydrogen (secondary N) is 1. The van der Waals surface area contributed by atoms with Gasteiger partial charge in [0.15, 0.2) is 11.8 Å². The summed E-state index contributed by atoms with van der Waals surface area (Å²) >= 11 is 0. The second-order valence-corrected chi connectivity index (χ2v) is 10.7. The highest BCUT2D eigenvalue weighted by atomic mass is 19.4. The Morgan fingerprint density at radius 3 is 2.25 bits per heavy atom. The first-order valence-corrected chi connectivity index (χ1v) is 14.4. The zero-order chi connectivity index (χ0) is 31.7. The minimum atomic E-state index is -5.32. The lowest BCUT2D eigenvalue weighted by molar-refractivity contribution is -0.213. The smallest absolute Gasteiger partial charge is 0.438 e. The van der Waals surface area contributed by atoms with E-state index in [9.17, 15) is 28.2 Å². The Morgan fingerprint density at radius 2 is 1.61 bits per heavy atom. The number of nitrogens with zero attached hydrogens (tertiary/aromatic N) is 1. The van der Waals surface area contributed by atoms with Crippen molar-refractivity contribution in [3.63, 3.8) is 0 Å². The van der Waals surface area contributed by atoms with E-state index in [2.05, 4.69) is 15.0 Å². The predicted molar refractivity (Wildman–Crippen MR) is 158 cm³/mol. The first-order valence-electron chi connectivity index (χ1n) is 14.4. The van der Waals surface area contributed by atoms with Crippen molar-refractivity contribution in [2.24, 2.45) is 11.5 Å². The van der Waals surface area contributed by atoms with Crippen LogP contribution in [-0.2, 0) is 22.4 Å². The van der Waals surface area contributed by atoms with Gasteiger partial charge in [0.1, 0.15) is 17.7 Å². The number of benzene rings is 3. The van der Waals surface area contributed by atoms with Gasteiger partial charge in [-0.05, 0) is 67.5 Å². The average molecular weight is 615 g/mol. The number of aliphatic hydroxyl groups excluding tert-OH is 2. The second-order valence-electron chi connectivity index (χ2n) is 10.7. The van der Waals surface area contributed by atoms with Crippen molar-refractivity contribution in [1.29, 1.82) is 0 Å². The van der Waals surface area contributed by atoms with Crippen molar-refractivity contribution >= 4 is 17.1 Å². The van der Waals surface area contributed by atoms with Crippen molar-refractivity contribution < 1.29 is 37.3 Å². The number of nitrogens with two attached hydrogens (primary N) is 2. The van der Waals surface area contributed by atoms with Crippen molar-refractivity contribution in [1.82, 2.24) is 10.3 Å². The lowest BCUT2D eigenvalue weighted by Crippen LogP contribution is -2.56. The molecule has 0 spiro atoms. The van der Waals surface area contributed by atoms with E-state index >= 15 is 0 Å². The van der Waals surface area contributed by atoms with Crippen LogP contribution in [0.25, 0.3) is 11.1 Å². The number of oxazole rings is 1. The van der Waals surface area contributed by atoms with E-state index in [1.54, 1.807) is 6.07 Å². The van der Waals surface area contributed by atoms with Gasteiger partial charge in [-0.25, -0.2) is 9.78 Å². The van der Waals surface area contributed by atoms with Gasteiger partial charge in [-0.15, -0.1) is 0 Å². The third kappa shape index (κ3) is 9.10. The lowest BCUT2D eigenvalue weighted by atomic mass is 9.99. The minimum Gasteiger partial charge on any atom is -0.438 e. The van der Waals surface area contributed by atoms with Gasteiger partial charge in [0, 0.05) is 12.1 Å². The maximum atomic E-state index is 13.2. The molecule has 9 nitrogen and oxygen atoms in total. The zero-order valence-corrected chi connectivity index (χ0v) is 24.0. The molecule has 0 bridgehead atoms. The van der Waals surface area contributed by atoms with Crippen molar-refractivity contribution in [2.45, 2.75) is 68.8 Å². The number of rotatable bonds is 15. The molecule has 1 heterocycles. The molecule has 0 aliphatic rings. The molecule has 7 N–H and O–H groups in total. The fourth-order valence-corrected chi connectivity index (χ4v) is 4.87. The summed E-state index contributed by atoms with van der Waals surface area (Å²) in [5, 5.41) is 25.1. The van der Waals surface area contributed by atoms with Crippen LogP contribution in [0.15, 0.2) is 83.3 Å². The van der Waals surface area contributed by atoms with Gasteiger partial charge < -0.3 is 30.8 Å². The normalized spacial score (nSPS) is 15.4. The quantitative estimate of drug-likeness (QED) is 0.0990. The standard InChI is InChI=1S/C32H37F3N4O5/c33-32(34,35)31(42)44-29(27(40)23(37)12-7-17-36)38-24(15-13-20-8-3-1-4-9-20)28(41)30-39-25-19-22(14-16-26(25)43-30)18-21-10-5-2-6-11-21/h1-6,8-11,14,16,19,23-24,27-29,38,40-41H,7,12-13,15,17-18,36-37H2/t23-,24-,27-,28-,29?/m1/s1. The topological polar surface area (TPSA) is 157 Å². The summed E-state index contributed by atoms with van der Waals surface area (Å²) < 4.78 is 50.1. The van der Waals surface area contributed by atoms with E-state index < -0.39 is 42.7 Å². The third-order valence-corrected chi connectivity index (χ3v) is 7.27. The molecule has 3 aromatic carbocycles. The highest BCUT2D eigenvalue weighted by molar-refractivity contribution is 5.76. The second kappa shape index (κ2) is 15.3. The SMILES string of the molecule is NCCC[C@@H](N)[C@@H](O)C(N[C@H](CCc1ccccc1)[C@@H](O)c1nc2cc(Cc3ccccc3)ccc2o1)OC(=O)C(F)(F)F. The number of alkyl halides is 3. The Hall–Kier alpha value is -3.81. The molecule has 0 radical (unpaired) electrons. The number of aliphatic hydroxyl groups is 2. The van der Waals surface area contributed by atoms with Gasteiger partial charge in [-0.3, -0.25) is 5.32 Å². The highest BCUT2D eigenvalue weighted by Crippen LogP contribution is 2.27. The number of hydrogen-bond acceptors (Lipinski definition) is 9. The van der Waals surface area contributed by atoms with Gasteiger partial charge >= 0.3 is 12.1 Å². The van der Waals surface area contributed by atoms with Gasteiger partial charge in [-0.1, -0.05) is 66.7 Å². The average Bonchev–Trinajstić information content (AvgIpc) is 3.44. The Kier molecular flexibility index (Phi) is 11.5. The molecule has 1 aromatic heterocycles. The predicted octanol–water partition coefficient (Wildman–Crippen LogP) is 3.90. The molecule has 0 aliphatic carbocycles. The number of hydrogen-bond donors (Lipinski definition) is 5. The van der Waals surface area contributed by atoms with Crippen LogP contribution < -0.4 is 16.8 Å². The maximum absolute atomic E-state index is 13.2. The molecule has 12 heteroatoms. The van der Waals surface area contributed by atoms with Crippen LogP contribution in [0.3, 0.4) is 0 Å².